The molecule has 2 aromatic heterocycles. The number of nitrogens with zero attached hydrogens (tertiary/aromatic N) is 4. The number of aryl methyl sites for hydroxylation is 2. The molecule has 0 spiro atoms. The Hall–Kier alpha value is -1.63. The summed E-state index contributed by atoms with van der Waals surface area (Å²) in [6, 6.07) is 1.97. The lowest BCUT2D eigenvalue weighted by atomic mass is 10.0. The van der Waals surface area contributed by atoms with Crippen molar-refractivity contribution in [2.45, 2.75) is 51.7 Å². The summed E-state index contributed by atoms with van der Waals surface area (Å²) < 4.78 is 1.87. The topological polar surface area (TPSA) is 72.2 Å². The molecule has 0 fully saturated rings. The van der Waals surface area contributed by atoms with Crippen LogP contribution in [0.4, 0.5) is 0 Å². The maximum Gasteiger partial charge on any atom is 0.256 e. The molecule has 0 atom stereocenters. The molecule has 2 heterocycles. The lowest BCUT2D eigenvalue weighted by Crippen LogP contribution is -2.43. The number of carbonyl (C=O) groups excluding carboxylic acids is 1. The second-order valence-electron chi connectivity index (χ2n) is 5.73. The first-order chi connectivity index (χ1) is 9.82. The van der Waals surface area contributed by atoms with E-state index in [1.54, 1.807) is 0 Å². The van der Waals surface area contributed by atoms with Gasteiger partial charge in [0.25, 0.3) is 5.78 Å². The number of aromatic nitrogens is 4. The van der Waals surface area contributed by atoms with Crippen molar-refractivity contribution >= 4 is 23.4 Å². The highest BCUT2D eigenvalue weighted by Crippen LogP contribution is 2.18. The van der Waals surface area contributed by atoms with Crippen LogP contribution in [0.1, 0.15) is 38.6 Å². The van der Waals surface area contributed by atoms with E-state index < -0.39 is 0 Å². The van der Waals surface area contributed by atoms with Crippen molar-refractivity contribution in [2.24, 2.45) is 0 Å². The first-order valence-electron chi connectivity index (χ1n) is 6.95. The minimum atomic E-state index is -0.181. The van der Waals surface area contributed by atoms with Gasteiger partial charge in [0.2, 0.25) is 5.91 Å². The highest BCUT2D eigenvalue weighted by atomic mass is 32.2. The average molecular weight is 307 g/mol. The molecule has 21 heavy (non-hydrogen) atoms. The van der Waals surface area contributed by atoms with Crippen molar-refractivity contribution < 1.29 is 4.79 Å². The first kappa shape index (κ1) is 15.8. The largest absolute Gasteiger partial charge is 0.351 e. The van der Waals surface area contributed by atoms with Gasteiger partial charge in [-0.15, -0.1) is 10.2 Å². The van der Waals surface area contributed by atoms with E-state index in [9.17, 15) is 4.79 Å². The Balaban J connectivity index is 2.09. The van der Waals surface area contributed by atoms with E-state index in [0.29, 0.717) is 16.7 Å². The molecule has 2 rings (SSSR count). The smallest absolute Gasteiger partial charge is 0.256 e. The van der Waals surface area contributed by atoms with Gasteiger partial charge in [0, 0.05) is 16.9 Å². The van der Waals surface area contributed by atoms with E-state index in [1.807, 2.05) is 38.2 Å². The molecule has 7 heteroatoms. The SMILES string of the molecule is CCC(C)(C)NC(=O)CSc1nnc2nc(C)cc(C)n12. The van der Waals surface area contributed by atoms with E-state index in [2.05, 4.69) is 27.4 Å². The van der Waals surface area contributed by atoms with Crippen LogP contribution in [-0.4, -0.2) is 36.8 Å². The van der Waals surface area contributed by atoms with Crippen molar-refractivity contribution in [1.82, 2.24) is 24.9 Å². The van der Waals surface area contributed by atoms with Gasteiger partial charge in [0.05, 0.1) is 5.75 Å². The summed E-state index contributed by atoms with van der Waals surface area (Å²) in [6.45, 7) is 9.98. The summed E-state index contributed by atoms with van der Waals surface area (Å²) in [5.41, 5.74) is 1.74. The van der Waals surface area contributed by atoms with Gasteiger partial charge in [-0.05, 0) is 40.2 Å². The number of rotatable bonds is 5. The van der Waals surface area contributed by atoms with Crippen LogP contribution in [0.5, 0.6) is 0 Å². The van der Waals surface area contributed by atoms with Crippen LogP contribution < -0.4 is 5.32 Å². The summed E-state index contributed by atoms with van der Waals surface area (Å²) >= 11 is 1.37. The van der Waals surface area contributed by atoms with Crippen LogP contribution in [0.3, 0.4) is 0 Å². The minimum Gasteiger partial charge on any atom is -0.351 e. The monoisotopic (exact) mass is 307 g/mol. The van der Waals surface area contributed by atoms with Crippen molar-refractivity contribution in [3.63, 3.8) is 0 Å². The Morgan fingerprint density at radius 2 is 2.10 bits per heavy atom. The zero-order valence-corrected chi connectivity index (χ0v) is 13.9. The summed E-state index contributed by atoms with van der Waals surface area (Å²) in [5.74, 6) is 0.892. The number of hydrogen-bond donors (Lipinski definition) is 1. The predicted octanol–water partition coefficient (Wildman–Crippen LogP) is 2.14. The van der Waals surface area contributed by atoms with Crippen molar-refractivity contribution in [1.29, 1.82) is 0 Å². The molecule has 0 saturated carbocycles. The molecule has 0 bridgehead atoms. The van der Waals surface area contributed by atoms with Gasteiger partial charge in [-0.2, -0.15) is 0 Å². The number of carbonyl (C=O) groups is 1. The molecule has 114 valence electrons. The number of hydrogen-bond acceptors (Lipinski definition) is 5. The molecular formula is C14H21N5OS. The normalized spacial score (nSPS) is 11.9. The number of fused-ring (bicyclic) bond motifs is 1. The molecule has 1 N–H and O–H groups in total. The van der Waals surface area contributed by atoms with Gasteiger partial charge in [0.15, 0.2) is 5.16 Å². The third-order valence-corrected chi connectivity index (χ3v) is 4.29. The molecule has 0 aliphatic carbocycles. The fourth-order valence-electron chi connectivity index (χ4n) is 1.93. The van der Waals surface area contributed by atoms with Gasteiger partial charge in [-0.25, -0.2) is 4.98 Å². The number of nitrogens with one attached hydrogen (secondary N) is 1. The lowest BCUT2D eigenvalue weighted by Gasteiger charge is -2.24. The zero-order chi connectivity index (χ0) is 15.6. The lowest BCUT2D eigenvalue weighted by molar-refractivity contribution is -0.120. The van der Waals surface area contributed by atoms with E-state index >= 15 is 0 Å². The standard InChI is InChI=1S/C14H21N5OS/c1-6-14(4,5)16-11(20)8-21-13-18-17-12-15-9(2)7-10(3)19(12)13/h7H,6,8H2,1-5H3,(H,16,20). The highest BCUT2D eigenvalue weighted by molar-refractivity contribution is 7.99. The molecule has 0 radical (unpaired) electrons. The Morgan fingerprint density at radius 3 is 2.76 bits per heavy atom. The predicted molar refractivity (Wildman–Crippen MR) is 83.5 cm³/mol. The van der Waals surface area contributed by atoms with Crippen LogP contribution in [0.25, 0.3) is 5.78 Å². The minimum absolute atomic E-state index is 0.00123. The Morgan fingerprint density at radius 1 is 1.38 bits per heavy atom. The molecule has 0 aliphatic heterocycles. The van der Waals surface area contributed by atoms with Crippen molar-refractivity contribution in [2.75, 3.05) is 5.75 Å². The van der Waals surface area contributed by atoms with Gasteiger partial charge in [-0.3, -0.25) is 9.20 Å². The molecule has 0 unspecified atom stereocenters. The Bertz CT molecular complexity index is 665. The molecule has 2 aromatic rings. The first-order valence-corrected chi connectivity index (χ1v) is 7.94. The highest BCUT2D eigenvalue weighted by Gasteiger charge is 2.19. The fourth-order valence-corrected chi connectivity index (χ4v) is 2.71. The van der Waals surface area contributed by atoms with Crippen molar-refractivity contribution in [3.05, 3.63) is 17.5 Å². The maximum atomic E-state index is 12.0. The maximum absolute atomic E-state index is 12.0. The second-order valence-corrected chi connectivity index (χ2v) is 6.67. The van der Waals surface area contributed by atoms with Gasteiger partial charge < -0.3 is 5.32 Å². The van der Waals surface area contributed by atoms with Crippen LogP contribution in [-0.2, 0) is 4.79 Å². The quantitative estimate of drug-likeness (QED) is 0.857. The molecule has 0 aliphatic rings. The Kier molecular flexibility index (Phi) is 4.51. The summed E-state index contributed by atoms with van der Waals surface area (Å²) in [5, 5.41) is 11.9. The third-order valence-electron chi connectivity index (χ3n) is 3.36. The van der Waals surface area contributed by atoms with Crippen molar-refractivity contribution in [3.8, 4) is 0 Å². The fraction of sp³-hybridized carbons (Fsp3) is 0.571. The third kappa shape index (κ3) is 3.72. The molecule has 0 aromatic carbocycles. The van der Waals surface area contributed by atoms with Crippen LogP contribution in [0.2, 0.25) is 0 Å². The Labute approximate surface area is 128 Å². The summed E-state index contributed by atoms with van der Waals surface area (Å²) in [4.78, 5) is 16.3. The molecular weight excluding hydrogens is 286 g/mol. The average Bonchev–Trinajstić information content (AvgIpc) is 2.79. The van der Waals surface area contributed by atoms with E-state index in [0.717, 1.165) is 17.8 Å². The van der Waals surface area contributed by atoms with E-state index in [-0.39, 0.29) is 11.4 Å². The summed E-state index contributed by atoms with van der Waals surface area (Å²) in [7, 11) is 0. The van der Waals surface area contributed by atoms with E-state index in [1.165, 1.54) is 11.8 Å². The van der Waals surface area contributed by atoms with E-state index in [4.69, 9.17) is 0 Å². The zero-order valence-electron chi connectivity index (χ0n) is 13.1. The number of amides is 1. The van der Waals surface area contributed by atoms with Gasteiger partial charge in [0.1, 0.15) is 0 Å². The van der Waals surface area contributed by atoms with Gasteiger partial charge in [-0.1, -0.05) is 18.7 Å². The van der Waals surface area contributed by atoms with Gasteiger partial charge >= 0.3 is 0 Å². The molecule has 0 saturated heterocycles. The molecule has 6 nitrogen and oxygen atoms in total. The number of thioether (sulfide) groups is 1. The summed E-state index contributed by atoms with van der Waals surface area (Å²) in [6.07, 6.45) is 0.888. The van der Waals surface area contributed by atoms with Crippen LogP contribution in [0, 0.1) is 13.8 Å². The van der Waals surface area contributed by atoms with Crippen LogP contribution >= 0.6 is 11.8 Å². The van der Waals surface area contributed by atoms with Crippen LogP contribution in [0.15, 0.2) is 11.2 Å². The second kappa shape index (κ2) is 6.01. The molecule has 1 amide bonds.